The second-order valence-corrected chi connectivity index (χ2v) is 9.05. The van der Waals surface area contributed by atoms with Crippen LogP contribution in [0.25, 0.3) is 31.6 Å². The van der Waals surface area contributed by atoms with E-state index in [1.54, 1.807) is 18.2 Å². The van der Waals surface area contributed by atoms with Gasteiger partial charge in [0.2, 0.25) is 0 Å². The Morgan fingerprint density at radius 3 is 2.61 bits per heavy atom. The summed E-state index contributed by atoms with van der Waals surface area (Å²) in [5.74, 6) is -0.114. The number of nitrogens with one attached hydrogen (secondary N) is 2. The predicted molar refractivity (Wildman–Crippen MR) is 139 cm³/mol. The van der Waals surface area contributed by atoms with Crippen LogP contribution in [0.3, 0.4) is 0 Å². The zero-order valence-electron chi connectivity index (χ0n) is 17.6. The molecule has 0 aliphatic heterocycles. The van der Waals surface area contributed by atoms with Crippen molar-refractivity contribution in [3.05, 3.63) is 90.0 Å². The normalized spacial score (nSPS) is 10.9. The van der Waals surface area contributed by atoms with Crippen molar-refractivity contribution in [3.63, 3.8) is 0 Å². The van der Waals surface area contributed by atoms with Crippen LogP contribution in [0, 0.1) is 6.92 Å². The van der Waals surface area contributed by atoms with Crippen molar-refractivity contribution in [1.82, 2.24) is 10.3 Å². The molecule has 0 bridgehead atoms. The van der Waals surface area contributed by atoms with E-state index >= 15 is 0 Å². The van der Waals surface area contributed by atoms with Gasteiger partial charge in [0, 0.05) is 11.3 Å². The number of rotatable bonds is 3. The molecule has 0 fully saturated rings. The highest BCUT2D eigenvalue weighted by Crippen LogP contribution is 2.38. The summed E-state index contributed by atoms with van der Waals surface area (Å²) in [4.78, 5) is 17.5. The Bertz CT molecular complexity index is 1500. The lowest BCUT2D eigenvalue weighted by atomic mass is 10.0. The third-order valence-corrected chi connectivity index (χ3v) is 6.62. The first-order valence-electron chi connectivity index (χ1n) is 10.3. The molecule has 33 heavy (non-hydrogen) atoms. The van der Waals surface area contributed by atoms with Gasteiger partial charge in [-0.15, -0.1) is 11.3 Å². The molecule has 4 aromatic carbocycles. The SMILES string of the molecule is Cc1cc(NC(=S)NC(=O)c2cccc3ccccc23)cc(-c2nc3ccccc3s2)c1O. The molecular formula is C26H19N3O2S2. The summed E-state index contributed by atoms with van der Waals surface area (Å²) in [7, 11) is 0. The summed E-state index contributed by atoms with van der Waals surface area (Å²) in [6.07, 6.45) is 0. The maximum Gasteiger partial charge on any atom is 0.258 e. The summed E-state index contributed by atoms with van der Waals surface area (Å²) in [5, 5.41) is 19.2. The van der Waals surface area contributed by atoms with Crippen LogP contribution in [0.2, 0.25) is 0 Å². The number of thiocarbonyl (C=S) groups is 1. The number of aromatic nitrogens is 1. The Hall–Kier alpha value is -3.81. The van der Waals surface area contributed by atoms with Crippen molar-refractivity contribution in [2.24, 2.45) is 0 Å². The molecular weight excluding hydrogens is 450 g/mol. The van der Waals surface area contributed by atoms with Crippen molar-refractivity contribution in [3.8, 4) is 16.3 Å². The molecule has 1 heterocycles. The summed E-state index contributed by atoms with van der Waals surface area (Å²) in [6, 6.07) is 24.7. The number of phenolic OH excluding ortho intramolecular Hbond substituents is 1. The molecule has 5 aromatic rings. The van der Waals surface area contributed by atoms with Gasteiger partial charge in [0.05, 0.1) is 15.8 Å². The zero-order valence-corrected chi connectivity index (χ0v) is 19.3. The van der Waals surface area contributed by atoms with Crippen molar-refractivity contribution in [2.75, 3.05) is 5.32 Å². The van der Waals surface area contributed by atoms with Crippen molar-refractivity contribution < 1.29 is 9.90 Å². The van der Waals surface area contributed by atoms with Crippen molar-refractivity contribution in [1.29, 1.82) is 0 Å². The van der Waals surface area contributed by atoms with Crippen LogP contribution in [-0.4, -0.2) is 21.1 Å². The molecule has 0 saturated heterocycles. The van der Waals surface area contributed by atoms with Crippen molar-refractivity contribution in [2.45, 2.75) is 6.92 Å². The van der Waals surface area contributed by atoms with Gasteiger partial charge in [0.1, 0.15) is 10.8 Å². The Balaban J connectivity index is 1.40. The molecule has 5 rings (SSSR count). The van der Waals surface area contributed by atoms with Crippen LogP contribution >= 0.6 is 23.6 Å². The van der Waals surface area contributed by atoms with E-state index in [-0.39, 0.29) is 16.8 Å². The number of para-hydroxylation sites is 1. The number of nitrogens with zero attached hydrogens (tertiary/aromatic N) is 1. The quantitative estimate of drug-likeness (QED) is 0.215. The number of carbonyl (C=O) groups excluding carboxylic acids is 1. The van der Waals surface area contributed by atoms with Gasteiger partial charge in [-0.2, -0.15) is 0 Å². The first kappa shape index (κ1) is 21.1. The highest BCUT2D eigenvalue weighted by molar-refractivity contribution is 7.80. The summed E-state index contributed by atoms with van der Waals surface area (Å²) < 4.78 is 1.04. The van der Waals surface area contributed by atoms with Gasteiger partial charge in [-0.1, -0.05) is 48.5 Å². The second kappa shape index (κ2) is 8.61. The van der Waals surface area contributed by atoms with Crippen LogP contribution in [0.15, 0.2) is 78.9 Å². The lowest BCUT2D eigenvalue weighted by molar-refractivity contribution is 0.0979. The van der Waals surface area contributed by atoms with E-state index in [1.165, 1.54) is 11.3 Å². The molecule has 1 amide bonds. The molecule has 3 N–H and O–H groups in total. The number of amides is 1. The number of hydrogen-bond donors (Lipinski definition) is 3. The summed E-state index contributed by atoms with van der Waals surface area (Å²) >= 11 is 6.91. The largest absolute Gasteiger partial charge is 0.507 e. The number of phenols is 1. The van der Waals surface area contributed by atoms with Gasteiger partial charge < -0.3 is 10.4 Å². The van der Waals surface area contributed by atoms with Gasteiger partial charge in [0.25, 0.3) is 5.91 Å². The number of carbonyl (C=O) groups is 1. The van der Waals surface area contributed by atoms with E-state index in [0.717, 1.165) is 21.0 Å². The topological polar surface area (TPSA) is 74.2 Å². The fourth-order valence-electron chi connectivity index (χ4n) is 3.76. The number of aromatic hydroxyl groups is 1. The smallest absolute Gasteiger partial charge is 0.258 e. The molecule has 1 aromatic heterocycles. The van der Waals surface area contributed by atoms with Gasteiger partial charge in [-0.25, -0.2) is 4.98 Å². The molecule has 7 heteroatoms. The first-order chi connectivity index (χ1) is 16.0. The fourth-order valence-corrected chi connectivity index (χ4v) is 4.95. The van der Waals surface area contributed by atoms with Crippen LogP contribution < -0.4 is 10.6 Å². The Morgan fingerprint density at radius 1 is 1.00 bits per heavy atom. The molecule has 0 spiro atoms. The number of aryl methyl sites for hydroxylation is 1. The molecule has 0 saturated carbocycles. The Morgan fingerprint density at radius 2 is 1.76 bits per heavy atom. The molecule has 0 aliphatic carbocycles. The third kappa shape index (κ3) is 4.16. The van der Waals surface area contributed by atoms with Crippen LogP contribution in [0.5, 0.6) is 5.75 Å². The minimum atomic E-state index is -0.286. The average molecular weight is 470 g/mol. The molecule has 162 valence electrons. The minimum Gasteiger partial charge on any atom is -0.507 e. The van der Waals surface area contributed by atoms with E-state index < -0.39 is 0 Å². The number of fused-ring (bicyclic) bond motifs is 2. The molecule has 0 atom stereocenters. The lowest BCUT2D eigenvalue weighted by Gasteiger charge is -2.13. The minimum absolute atomic E-state index is 0.172. The van der Waals surface area contributed by atoms with Gasteiger partial charge in [0.15, 0.2) is 5.11 Å². The maximum atomic E-state index is 12.9. The Kier molecular flexibility index (Phi) is 5.50. The van der Waals surface area contributed by atoms with Crippen LogP contribution in [0.1, 0.15) is 15.9 Å². The van der Waals surface area contributed by atoms with Gasteiger partial charge in [-0.3, -0.25) is 10.1 Å². The average Bonchev–Trinajstić information content (AvgIpc) is 3.25. The standard InChI is InChI=1S/C26H19N3O2S2/c1-15-13-17(14-20(23(15)30)25-28-21-11-4-5-12-22(21)33-25)27-26(32)29-24(31)19-10-6-8-16-7-2-3-9-18(16)19/h2-14,30H,1H3,(H2,27,29,31,32). The zero-order chi connectivity index (χ0) is 22.9. The lowest BCUT2D eigenvalue weighted by Crippen LogP contribution is -2.34. The van der Waals surface area contributed by atoms with Crippen LogP contribution in [0.4, 0.5) is 5.69 Å². The maximum absolute atomic E-state index is 12.9. The Labute approximate surface area is 199 Å². The van der Waals surface area contributed by atoms with E-state index in [2.05, 4.69) is 15.6 Å². The third-order valence-electron chi connectivity index (χ3n) is 5.34. The molecule has 5 nitrogen and oxygen atoms in total. The summed E-state index contributed by atoms with van der Waals surface area (Å²) in [6.45, 7) is 1.81. The van der Waals surface area contributed by atoms with E-state index in [4.69, 9.17) is 12.2 Å². The monoisotopic (exact) mass is 469 g/mol. The van der Waals surface area contributed by atoms with Crippen LogP contribution in [-0.2, 0) is 0 Å². The molecule has 0 radical (unpaired) electrons. The van der Waals surface area contributed by atoms with Crippen molar-refractivity contribution >= 4 is 61.3 Å². The first-order valence-corrected chi connectivity index (χ1v) is 11.5. The number of anilines is 1. The number of thiazole rings is 1. The highest BCUT2D eigenvalue weighted by Gasteiger charge is 2.16. The second-order valence-electron chi connectivity index (χ2n) is 7.61. The highest BCUT2D eigenvalue weighted by atomic mass is 32.1. The molecule has 0 aliphatic rings. The number of benzene rings is 4. The summed E-state index contributed by atoms with van der Waals surface area (Å²) in [5.41, 5.74) is 3.38. The molecule has 0 unspecified atom stereocenters. The van der Waals surface area contributed by atoms with Gasteiger partial charge in [-0.05, 0) is 65.8 Å². The van der Waals surface area contributed by atoms with E-state index in [1.807, 2.05) is 67.6 Å². The van der Waals surface area contributed by atoms with E-state index in [0.29, 0.717) is 27.4 Å². The number of hydrogen-bond acceptors (Lipinski definition) is 5. The predicted octanol–water partition coefficient (Wildman–Crippen LogP) is 6.26. The van der Waals surface area contributed by atoms with E-state index in [9.17, 15) is 9.90 Å². The fraction of sp³-hybridized carbons (Fsp3) is 0.0385. The van der Waals surface area contributed by atoms with Gasteiger partial charge >= 0.3 is 0 Å².